The fourth-order valence-electron chi connectivity index (χ4n) is 3.18. The van der Waals surface area contributed by atoms with Gasteiger partial charge in [-0.2, -0.15) is 5.10 Å². The van der Waals surface area contributed by atoms with Gasteiger partial charge in [0, 0.05) is 44.8 Å². The highest BCUT2D eigenvalue weighted by Gasteiger charge is 2.32. The molecule has 1 aromatic heterocycles. The van der Waals surface area contributed by atoms with Gasteiger partial charge in [-0.25, -0.2) is 4.79 Å². The van der Waals surface area contributed by atoms with Gasteiger partial charge in [0.1, 0.15) is 0 Å². The number of aryl methyl sites for hydroxylation is 1. The van der Waals surface area contributed by atoms with Crippen molar-refractivity contribution in [3.8, 4) is 0 Å². The number of fused-ring (bicyclic) bond motifs is 1. The number of nitrogens with zero attached hydrogens (tertiary/aromatic N) is 4. The van der Waals surface area contributed by atoms with Gasteiger partial charge in [0.2, 0.25) is 5.91 Å². The van der Waals surface area contributed by atoms with Gasteiger partial charge in [0.05, 0.1) is 11.8 Å². The molecule has 2 aliphatic rings. The molecule has 0 spiro atoms. The zero-order valence-corrected chi connectivity index (χ0v) is 11.9. The lowest BCUT2D eigenvalue weighted by Crippen LogP contribution is -2.52. The summed E-state index contributed by atoms with van der Waals surface area (Å²) in [5, 5.41) is 12.8. The molecular formula is C14H20N4O3. The van der Waals surface area contributed by atoms with E-state index in [1.807, 2.05) is 4.90 Å². The zero-order chi connectivity index (χ0) is 14.8. The third kappa shape index (κ3) is 3.07. The fourth-order valence-corrected chi connectivity index (χ4v) is 3.18. The van der Waals surface area contributed by atoms with Crippen LogP contribution in [0.25, 0.3) is 0 Å². The van der Waals surface area contributed by atoms with Crippen molar-refractivity contribution in [2.75, 3.05) is 26.2 Å². The van der Waals surface area contributed by atoms with Crippen LogP contribution in [0.1, 0.15) is 29.6 Å². The standard InChI is InChI=1S/C14H20N4O3/c19-13(3-5-18-9-11(8-15-18)14(20)21)17-7-6-16-4-1-2-12(16)10-17/h8-9,12H,1-7,10H2,(H,20,21). The molecule has 1 atom stereocenters. The number of carbonyl (C=O) groups excluding carboxylic acids is 1. The predicted octanol–water partition coefficient (Wildman–Crippen LogP) is 0.278. The lowest BCUT2D eigenvalue weighted by atomic mass is 10.1. The molecule has 7 nitrogen and oxygen atoms in total. The molecular weight excluding hydrogens is 272 g/mol. The Morgan fingerprint density at radius 3 is 2.95 bits per heavy atom. The number of amides is 1. The molecule has 0 aromatic carbocycles. The number of aromatic nitrogens is 2. The molecule has 114 valence electrons. The van der Waals surface area contributed by atoms with E-state index < -0.39 is 5.97 Å². The molecule has 0 aliphatic carbocycles. The highest BCUT2D eigenvalue weighted by Crippen LogP contribution is 2.21. The summed E-state index contributed by atoms with van der Waals surface area (Å²) in [5.74, 6) is -0.862. The first-order valence-electron chi connectivity index (χ1n) is 7.41. The molecule has 3 heterocycles. The van der Waals surface area contributed by atoms with E-state index in [1.54, 1.807) is 0 Å². The average Bonchev–Trinajstić information content (AvgIpc) is 3.12. The van der Waals surface area contributed by atoms with Crippen molar-refractivity contribution < 1.29 is 14.7 Å². The second kappa shape index (κ2) is 5.85. The summed E-state index contributed by atoms with van der Waals surface area (Å²) in [6.45, 7) is 4.20. The number of carboxylic acids is 1. The molecule has 21 heavy (non-hydrogen) atoms. The topological polar surface area (TPSA) is 78.7 Å². The van der Waals surface area contributed by atoms with Crippen LogP contribution < -0.4 is 0 Å². The minimum atomic E-state index is -0.995. The minimum absolute atomic E-state index is 0.133. The first kappa shape index (κ1) is 14.1. The van der Waals surface area contributed by atoms with Crippen LogP contribution in [0.4, 0.5) is 0 Å². The Morgan fingerprint density at radius 2 is 2.19 bits per heavy atom. The Balaban J connectivity index is 1.50. The number of carbonyl (C=O) groups is 2. The van der Waals surface area contributed by atoms with Crippen LogP contribution in [-0.2, 0) is 11.3 Å². The molecule has 0 radical (unpaired) electrons. The number of rotatable bonds is 4. The summed E-state index contributed by atoms with van der Waals surface area (Å²) in [7, 11) is 0. The largest absolute Gasteiger partial charge is 0.478 e. The quantitative estimate of drug-likeness (QED) is 0.862. The monoisotopic (exact) mass is 292 g/mol. The summed E-state index contributed by atoms with van der Waals surface area (Å²) >= 11 is 0. The van der Waals surface area contributed by atoms with Gasteiger partial charge < -0.3 is 10.0 Å². The van der Waals surface area contributed by atoms with Crippen molar-refractivity contribution in [3.63, 3.8) is 0 Å². The van der Waals surface area contributed by atoms with Crippen LogP contribution in [0.2, 0.25) is 0 Å². The number of piperazine rings is 1. The van der Waals surface area contributed by atoms with Gasteiger partial charge in [0.15, 0.2) is 0 Å². The maximum atomic E-state index is 12.3. The highest BCUT2D eigenvalue weighted by molar-refractivity contribution is 5.86. The maximum absolute atomic E-state index is 12.3. The number of carboxylic acid groups (broad SMARTS) is 1. The summed E-state index contributed by atoms with van der Waals surface area (Å²) in [6.07, 6.45) is 5.56. The van der Waals surface area contributed by atoms with E-state index in [9.17, 15) is 9.59 Å². The van der Waals surface area contributed by atoms with E-state index >= 15 is 0 Å². The molecule has 0 saturated carbocycles. The molecule has 3 rings (SSSR count). The summed E-state index contributed by atoms with van der Waals surface area (Å²) < 4.78 is 1.52. The molecule has 2 saturated heterocycles. The Labute approximate surface area is 123 Å². The van der Waals surface area contributed by atoms with E-state index in [0.717, 1.165) is 26.2 Å². The van der Waals surface area contributed by atoms with Crippen molar-refractivity contribution in [1.29, 1.82) is 0 Å². The lowest BCUT2D eigenvalue weighted by molar-refractivity contribution is -0.134. The van der Waals surface area contributed by atoms with Crippen LogP contribution >= 0.6 is 0 Å². The minimum Gasteiger partial charge on any atom is -0.478 e. The Bertz CT molecular complexity index is 542. The molecule has 2 aliphatic heterocycles. The van der Waals surface area contributed by atoms with E-state index in [0.29, 0.717) is 19.0 Å². The predicted molar refractivity (Wildman–Crippen MR) is 75.0 cm³/mol. The Morgan fingerprint density at radius 1 is 1.33 bits per heavy atom. The van der Waals surface area contributed by atoms with E-state index in [1.165, 1.54) is 29.9 Å². The van der Waals surface area contributed by atoms with Gasteiger partial charge in [-0.15, -0.1) is 0 Å². The van der Waals surface area contributed by atoms with E-state index in [2.05, 4.69) is 10.00 Å². The van der Waals surface area contributed by atoms with E-state index in [4.69, 9.17) is 5.11 Å². The summed E-state index contributed by atoms with van der Waals surface area (Å²) in [5.41, 5.74) is 0.155. The highest BCUT2D eigenvalue weighted by atomic mass is 16.4. The molecule has 1 N–H and O–H groups in total. The Hall–Kier alpha value is -1.89. The van der Waals surface area contributed by atoms with Crippen LogP contribution in [0.5, 0.6) is 0 Å². The smallest absolute Gasteiger partial charge is 0.338 e. The van der Waals surface area contributed by atoms with Gasteiger partial charge in [-0.3, -0.25) is 14.4 Å². The van der Waals surface area contributed by atoms with Crippen LogP contribution in [0.15, 0.2) is 12.4 Å². The molecule has 1 unspecified atom stereocenters. The van der Waals surface area contributed by atoms with Crippen molar-refractivity contribution in [2.45, 2.75) is 31.8 Å². The third-order valence-corrected chi connectivity index (χ3v) is 4.38. The molecule has 7 heteroatoms. The molecule has 1 amide bonds. The molecule has 2 fully saturated rings. The summed E-state index contributed by atoms with van der Waals surface area (Å²) in [6, 6.07) is 0.533. The maximum Gasteiger partial charge on any atom is 0.338 e. The van der Waals surface area contributed by atoms with Crippen molar-refractivity contribution in [3.05, 3.63) is 18.0 Å². The van der Waals surface area contributed by atoms with Gasteiger partial charge in [0.25, 0.3) is 0 Å². The second-order valence-corrected chi connectivity index (χ2v) is 5.72. The first-order valence-corrected chi connectivity index (χ1v) is 7.41. The second-order valence-electron chi connectivity index (χ2n) is 5.72. The van der Waals surface area contributed by atoms with Crippen molar-refractivity contribution >= 4 is 11.9 Å². The van der Waals surface area contributed by atoms with Gasteiger partial charge >= 0.3 is 5.97 Å². The van der Waals surface area contributed by atoms with Crippen LogP contribution in [0, 0.1) is 0 Å². The fraction of sp³-hybridized carbons (Fsp3) is 0.643. The number of hydrogen-bond acceptors (Lipinski definition) is 4. The normalized spacial score (nSPS) is 22.3. The number of hydrogen-bond donors (Lipinski definition) is 1. The molecule has 1 aromatic rings. The zero-order valence-electron chi connectivity index (χ0n) is 11.9. The lowest BCUT2D eigenvalue weighted by Gasteiger charge is -2.37. The van der Waals surface area contributed by atoms with Crippen LogP contribution in [0.3, 0.4) is 0 Å². The summed E-state index contributed by atoms with van der Waals surface area (Å²) in [4.78, 5) is 27.4. The first-order chi connectivity index (χ1) is 10.1. The molecule has 0 bridgehead atoms. The van der Waals surface area contributed by atoms with Crippen LogP contribution in [-0.4, -0.2) is 68.8 Å². The van der Waals surface area contributed by atoms with Gasteiger partial charge in [-0.05, 0) is 19.4 Å². The van der Waals surface area contributed by atoms with Crippen molar-refractivity contribution in [1.82, 2.24) is 19.6 Å². The SMILES string of the molecule is O=C(O)c1cnn(CCC(=O)N2CCN3CCCC3C2)c1. The van der Waals surface area contributed by atoms with Crippen molar-refractivity contribution in [2.24, 2.45) is 0 Å². The number of aromatic carboxylic acids is 1. The average molecular weight is 292 g/mol. The van der Waals surface area contributed by atoms with E-state index in [-0.39, 0.29) is 11.5 Å². The van der Waals surface area contributed by atoms with Gasteiger partial charge in [-0.1, -0.05) is 0 Å². The third-order valence-electron chi connectivity index (χ3n) is 4.38. The Kier molecular flexibility index (Phi) is 3.92.